The fourth-order valence-electron chi connectivity index (χ4n) is 1.03. The van der Waals surface area contributed by atoms with E-state index in [-0.39, 0.29) is 5.97 Å². The highest BCUT2D eigenvalue weighted by atomic mass is 16.6. The van der Waals surface area contributed by atoms with Gasteiger partial charge in [-0.1, -0.05) is 0 Å². The Labute approximate surface area is 90.2 Å². The summed E-state index contributed by atoms with van der Waals surface area (Å²) in [6.45, 7) is 5.47. The lowest BCUT2D eigenvalue weighted by molar-refractivity contribution is 0.00693. The van der Waals surface area contributed by atoms with Gasteiger partial charge >= 0.3 is 5.97 Å². The van der Waals surface area contributed by atoms with Crippen LogP contribution >= 0.6 is 0 Å². The SMILES string of the molecule is Bc1cc(C(=O)OC(C)(C)C)cnc1N. The number of carbonyl (C=O) groups excluding carboxylic acids is 1. The van der Waals surface area contributed by atoms with Crippen LogP contribution in [0.2, 0.25) is 0 Å². The van der Waals surface area contributed by atoms with Gasteiger partial charge < -0.3 is 10.5 Å². The predicted molar refractivity (Wildman–Crippen MR) is 62.0 cm³/mol. The van der Waals surface area contributed by atoms with Crippen molar-refractivity contribution < 1.29 is 9.53 Å². The third-order valence-corrected chi connectivity index (χ3v) is 1.75. The Morgan fingerprint density at radius 1 is 1.53 bits per heavy atom. The number of rotatable bonds is 1. The normalized spacial score (nSPS) is 11.1. The smallest absolute Gasteiger partial charge is 0.340 e. The zero-order valence-corrected chi connectivity index (χ0v) is 9.50. The van der Waals surface area contributed by atoms with Crippen LogP contribution in [0.15, 0.2) is 12.3 Å². The zero-order valence-electron chi connectivity index (χ0n) is 9.50. The van der Waals surface area contributed by atoms with Crippen molar-refractivity contribution in [3.8, 4) is 0 Å². The van der Waals surface area contributed by atoms with Gasteiger partial charge in [0.1, 0.15) is 19.3 Å². The van der Waals surface area contributed by atoms with Crippen LogP contribution in [0, 0.1) is 0 Å². The second-order valence-corrected chi connectivity index (χ2v) is 4.43. The molecule has 0 aromatic carbocycles. The van der Waals surface area contributed by atoms with Crippen LogP contribution in [0.3, 0.4) is 0 Å². The van der Waals surface area contributed by atoms with Gasteiger partial charge in [0, 0.05) is 6.20 Å². The van der Waals surface area contributed by atoms with Crippen molar-refractivity contribution in [3.63, 3.8) is 0 Å². The highest BCUT2D eigenvalue weighted by Gasteiger charge is 2.18. The highest BCUT2D eigenvalue weighted by molar-refractivity contribution is 6.35. The largest absolute Gasteiger partial charge is 0.456 e. The van der Waals surface area contributed by atoms with Gasteiger partial charge in [0.2, 0.25) is 0 Å². The summed E-state index contributed by atoms with van der Waals surface area (Å²) in [6, 6.07) is 1.68. The Balaban J connectivity index is 2.88. The number of carbonyl (C=O) groups is 1. The molecule has 0 aliphatic rings. The van der Waals surface area contributed by atoms with Gasteiger partial charge in [-0.05, 0) is 32.3 Å². The first-order chi connectivity index (χ1) is 6.79. The molecule has 0 spiro atoms. The van der Waals surface area contributed by atoms with Crippen LogP contribution in [0.4, 0.5) is 5.82 Å². The maximum absolute atomic E-state index is 11.6. The molecule has 0 fully saturated rings. The third kappa shape index (κ3) is 3.27. The van der Waals surface area contributed by atoms with Crippen LogP contribution in [-0.4, -0.2) is 24.4 Å². The topological polar surface area (TPSA) is 65.2 Å². The molecular formula is C10H15BN2O2. The summed E-state index contributed by atoms with van der Waals surface area (Å²) in [7, 11) is 1.80. The van der Waals surface area contributed by atoms with Crippen molar-refractivity contribution in [3.05, 3.63) is 17.8 Å². The molecule has 0 aliphatic carbocycles. The van der Waals surface area contributed by atoms with E-state index >= 15 is 0 Å². The number of nitrogens with zero attached hydrogens (tertiary/aromatic N) is 1. The molecule has 0 radical (unpaired) electrons. The van der Waals surface area contributed by atoms with Gasteiger partial charge in [0.25, 0.3) is 0 Å². The third-order valence-electron chi connectivity index (χ3n) is 1.75. The molecule has 1 aromatic rings. The molecule has 0 unspecified atom stereocenters. The number of aromatic nitrogens is 1. The number of nitrogens with two attached hydrogens (primary N) is 1. The number of esters is 1. The Kier molecular flexibility index (Phi) is 3.02. The number of ether oxygens (including phenoxy) is 1. The van der Waals surface area contributed by atoms with E-state index in [0.717, 1.165) is 5.46 Å². The number of hydrogen-bond acceptors (Lipinski definition) is 4. The fraction of sp³-hybridized carbons (Fsp3) is 0.400. The van der Waals surface area contributed by atoms with Crippen molar-refractivity contribution >= 4 is 25.1 Å². The molecule has 0 saturated carbocycles. The molecule has 1 heterocycles. The van der Waals surface area contributed by atoms with Gasteiger partial charge in [-0.2, -0.15) is 0 Å². The summed E-state index contributed by atoms with van der Waals surface area (Å²) in [6.07, 6.45) is 1.43. The first-order valence-corrected chi connectivity index (χ1v) is 4.75. The quantitative estimate of drug-likeness (QED) is 0.513. The molecule has 4 nitrogen and oxygen atoms in total. The summed E-state index contributed by atoms with van der Waals surface area (Å²) in [5, 5.41) is 0. The van der Waals surface area contributed by atoms with Gasteiger partial charge in [0.15, 0.2) is 0 Å². The number of pyridine rings is 1. The predicted octanol–water partition coefficient (Wildman–Crippen LogP) is -0.123. The zero-order chi connectivity index (χ0) is 11.6. The first-order valence-electron chi connectivity index (χ1n) is 4.75. The second kappa shape index (κ2) is 3.92. The molecular weight excluding hydrogens is 191 g/mol. The van der Waals surface area contributed by atoms with Crippen molar-refractivity contribution in [2.45, 2.75) is 26.4 Å². The van der Waals surface area contributed by atoms with E-state index in [1.54, 1.807) is 13.9 Å². The van der Waals surface area contributed by atoms with Crippen molar-refractivity contribution in [1.82, 2.24) is 4.98 Å². The average molecular weight is 206 g/mol. The lowest BCUT2D eigenvalue weighted by atomic mass is 9.95. The molecule has 0 amide bonds. The Hall–Kier alpha value is -1.52. The van der Waals surface area contributed by atoms with E-state index in [1.165, 1.54) is 6.20 Å². The van der Waals surface area contributed by atoms with Gasteiger partial charge in [-0.15, -0.1) is 0 Å². The van der Waals surface area contributed by atoms with Crippen LogP contribution in [0.5, 0.6) is 0 Å². The summed E-state index contributed by atoms with van der Waals surface area (Å²) in [5.74, 6) is 0.0559. The van der Waals surface area contributed by atoms with E-state index in [2.05, 4.69) is 4.98 Å². The summed E-state index contributed by atoms with van der Waals surface area (Å²) in [5.41, 5.74) is 6.26. The van der Waals surface area contributed by atoms with Gasteiger partial charge in [-0.25, -0.2) is 9.78 Å². The van der Waals surface area contributed by atoms with Crippen molar-refractivity contribution in [2.24, 2.45) is 0 Å². The minimum atomic E-state index is -0.494. The summed E-state index contributed by atoms with van der Waals surface area (Å²) < 4.78 is 5.20. The lowest BCUT2D eigenvalue weighted by Gasteiger charge is -2.19. The molecule has 1 aromatic heterocycles. The van der Waals surface area contributed by atoms with Gasteiger partial charge in [-0.3, -0.25) is 0 Å². The molecule has 1 rings (SSSR count). The van der Waals surface area contributed by atoms with E-state index in [4.69, 9.17) is 10.5 Å². The highest BCUT2D eigenvalue weighted by Crippen LogP contribution is 2.11. The average Bonchev–Trinajstić information content (AvgIpc) is 2.06. The number of anilines is 1. The molecule has 0 saturated heterocycles. The Morgan fingerprint density at radius 3 is 2.60 bits per heavy atom. The number of hydrogen-bond donors (Lipinski definition) is 1. The Bertz CT molecular complexity index is 385. The minimum absolute atomic E-state index is 0.377. The van der Waals surface area contributed by atoms with E-state index < -0.39 is 5.60 Å². The molecule has 2 N–H and O–H groups in total. The van der Waals surface area contributed by atoms with Crippen molar-refractivity contribution in [2.75, 3.05) is 5.73 Å². The van der Waals surface area contributed by atoms with Crippen LogP contribution in [0.25, 0.3) is 0 Å². The molecule has 15 heavy (non-hydrogen) atoms. The van der Waals surface area contributed by atoms with Crippen LogP contribution < -0.4 is 11.2 Å². The standard InChI is InChI=1S/C10H15BN2O2/c1-10(2,3)15-9(14)6-4-7(11)8(12)13-5-6/h4-5H,11H2,1-3H3,(H2,12,13). The maximum atomic E-state index is 11.6. The van der Waals surface area contributed by atoms with Crippen molar-refractivity contribution in [1.29, 1.82) is 0 Å². The molecule has 80 valence electrons. The number of nitrogen functional groups attached to an aromatic ring is 1. The van der Waals surface area contributed by atoms with E-state index in [0.29, 0.717) is 11.4 Å². The minimum Gasteiger partial charge on any atom is -0.456 e. The molecule has 5 heteroatoms. The second-order valence-electron chi connectivity index (χ2n) is 4.43. The van der Waals surface area contributed by atoms with Gasteiger partial charge in [0.05, 0.1) is 5.56 Å². The summed E-state index contributed by atoms with van der Waals surface area (Å²) >= 11 is 0. The first kappa shape index (κ1) is 11.6. The lowest BCUT2D eigenvalue weighted by Crippen LogP contribution is -2.25. The maximum Gasteiger partial charge on any atom is 0.340 e. The van der Waals surface area contributed by atoms with E-state index in [9.17, 15) is 4.79 Å². The molecule has 0 aliphatic heterocycles. The van der Waals surface area contributed by atoms with Crippen LogP contribution in [0.1, 0.15) is 31.1 Å². The fourth-order valence-corrected chi connectivity index (χ4v) is 1.03. The summed E-state index contributed by atoms with van der Waals surface area (Å²) in [4.78, 5) is 15.5. The Morgan fingerprint density at radius 2 is 2.13 bits per heavy atom. The molecule has 0 bridgehead atoms. The molecule has 0 atom stereocenters. The monoisotopic (exact) mass is 206 g/mol. The van der Waals surface area contributed by atoms with E-state index in [1.807, 2.05) is 20.8 Å². The van der Waals surface area contributed by atoms with Crippen LogP contribution in [-0.2, 0) is 4.74 Å².